The highest BCUT2D eigenvalue weighted by Gasteiger charge is 2.26. The average Bonchev–Trinajstić information content (AvgIpc) is 2.82. The summed E-state index contributed by atoms with van der Waals surface area (Å²) in [7, 11) is 0. The van der Waals surface area contributed by atoms with Gasteiger partial charge in [0.25, 0.3) is 5.91 Å². The molecule has 1 fully saturated rings. The van der Waals surface area contributed by atoms with Gasteiger partial charge in [-0.3, -0.25) is 9.59 Å². The Morgan fingerprint density at radius 3 is 2.65 bits per heavy atom. The Balaban J connectivity index is 1.34. The van der Waals surface area contributed by atoms with Gasteiger partial charge in [0.1, 0.15) is 5.82 Å². The molecule has 0 unspecified atom stereocenters. The number of halogens is 1. The summed E-state index contributed by atoms with van der Waals surface area (Å²) >= 11 is 0. The fourth-order valence-corrected chi connectivity index (χ4v) is 4.19. The quantitative estimate of drug-likeness (QED) is 0.694. The van der Waals surface area contributed by atoms with E-state index >= 15 is 0 Å². The van der Waals surface area contributed by atoms with Crippen molar-refractivity contribution in [1.29, 1.82) is 0 Å². The summed E-state index contributed by atoms with van der Waals surface area (Å²) in [5.41, 5.74) is 2.59. The molecule has 4 rings (SSSR count). The summed E-state index contributed by atoms with van der Waals surface area (Å²) in [5, 5.41) is 13.9. The molecule has 1 amide bonds. The first kappa shape index (κ1) is 21.6. The normalized spacial score (nSPS) is 19.5. The summed E-state index contributed by atoms with van der Waals surface area (Å²) in [4.78, 5) is 26.7. The first-order chi connectivity index (χ1) is 15.0. The third-order valence-electron chi connectivity index (χ3n) is 6.06. The number of carbonyl (C=O) groups excluding carboxylic acids is 2. The number of ketones is 1. The molecule has 31 heavy (non-hydrogen) atoms. The number of fused-ring (bicyclic) bond motifs is 1. The molecule has 2 aromatic rings. The molecule has 0 bridgehead atoms. The van der Waals surface area contributed by atoms with Crippen LogP contribution in [0.1, 0.15) is 44.7 Å². The van der Waals surface area contributed by atoms with Crippen LogP contribution in [-0.2, 0) is 17.7 Å². The number of amides is 1. The van der Waals surface area contributed by atoms with Gasteiger partial charge in [0.05, 0.1) is 24.9 Å². The van der Waals surface area contributed by atoms with E-state index in [0.29, 0.717) is 39.3 Å². The van der Waals surface area contributed by atoms with E-state index < -0.39 is 11.9 Å². The van der Waals surface area contributed by atoms with Crippen LogP contribution < -0.4 is 5.32 Å². The van der Waals surface area contributed by atoms with Gasteiger partial charge in [-0.2, -0.15) is 0 Å². The van der Waals surface area contributed by atoms with Crippen LogP contribution >= 0.6 is 0 Å². The van der Waals surface area contributed by atoms with Gasteiger partial charge in [0.15, 0.2) is 5.78 Å². The first-order valence-corrected chi connectivity index (χ1v) is 10.7. The zero-order valence-electron chi connectivity index (χ0n) is 17.4. The molecule has 0 aromatic heterocycles. The molecule has 0 saturated carbocycles. The zero-order chi connectivity index (χ0) is 21.8. The number of aliphatic hydroxyl groups excluding tert-OH is 1. The van der Waals surface area contributed by atoms with Crippen molar-refractivity contribution < 1.29 is 23.8 Å². The van der Waals surface area contributed by atoms with Crippen LogP contribution in [0.5, 0.6) is 0 Å². The lowest BCUT2D eigenvalue weighted by Gasteiger charge is -2.29. The van der Waals surface area contributed by atoms with Crippen LogP contribution in [0.15, 0.2) is 42.5 Å². The van der Waals surface area contributed by atoms with Crippen LogP contribution in [0.25, 0.3) is 0 Å². The van der Waals surface area contributed by atoms with Gasteiger partial charge in [-0.15, -0.1) is 0 Å². The van der Waals surface area contributed by atoms with Crippen molar-refractivity contribution in [3.05, 3.63) is 70.5 Å². The molecule has 164 valence electrons. The summed E-state index contributed by atoms with van der Waals surface area (Å²) in [6.45, 7) is 2.56. The van der Waals surface area contributed by atoms with Crippen molar-refractivity contribution in [1.82, 2.24) is 10.2 Å². The monoisotopic (exact) mass is 426 g/mol. The van der Waals surface area contributed by atoms with E-state index in [-0.39, 0.29) is 41.7 Å². The third-order valence-corrected chi connectivity index (χ3v) is 6.06. The number of nitrogens with zero attached hydrogens (tertiary/aromatic N) is 1. The fraction of sp³-hybridized carbons (Fsp3) is 0.417. The van der Waals surface area contributed by atoms with Crippen LogP contribution in [0.2, 0.25) is 0 Å². The molecular formula is C24H27FN2O4. The molecule has 2 aliphatic heterocycles. The Kier molecular flexibility index (Phi) is 6.75. The number of morpholine rings is 1. The molecular weight excluding hydrogens is 399 g/mol. The Morgan fingerprint density at radius 2 is 1.90 bits per heavy atom. The second-order valence-corrected chi connectivity index (χ2v) is 8.09. The molecule has 2 aliphatic rings. The van der Waals surface area contributed by atoms with Gasteiger partial charge in [0.2, 0.25) is 0 Å². The number of rotatable bonds is 6. The van der Waals surface area contributed by atoms with Crippen LogP contribution in [0.4, 0.5) is 4.39 Å². The maximum atomic E-state index is 14.6. The third kappa shape index (κ3) is 5.01. The lowest BCUT2D eigenvalue weighted by atomic mass is 9.90. The molecule has 1 saturated heterocycles. The highest BCUT2D eigenvalue weighted by molar-refractivity contribution is 5.99. The number of Topliss-reactive ketones (excluding diaryl/α,β-unsaturated/α-hetero) is 1. The van der Waals surface area contributed by atoms with Crippen LogP contribution in [-0.4, -0.2) is 60.1 Å². The summed E-state index contributed by atoms with van der Waals surface area (Å²) in [5.74, 6) is -1.35. The van der Waals surface area contributed by atoms with E-state index in [9.17, 15) is 19.1 Å². The summed E-state index contributed by atoms with van der Waals surface area (Å²) in [6, 6.07) is 11.9. The lowest BCUT2D eigenvalue weighted by Crippen LogP contribution is -2.44. The van der Waals surface area contributed by atoms with Crippen molar-refractivity contribution in [2.45, 2.75) is 38.0 Å². The lowest BCUT2D eigenvalue weighted by molar-refractivity contribution is 0.0302. The molecule has 0 spiro atoms. The van der Waals surface area contributed by atoms with E-state index in [1.807, 2.05) is 12.1 Å². The standard InChI is InChI=1S/C24H27FN2O4/c25-20-13-17(24(30)27-9-11-31-12-10-27)5-6-19(20)22(28)7-8-23(29)21-14-16-3-1-2-4-18(16)15-26-21/h1-6,13,21,23,26,29H,7-12,14-15H2/t21-,23+/m0/s1. The number of hydrogen-bond acceptors (Lipinski definition) is 5. The van der Waals surface area contributed by atoms with Crippen molar-refractivity contribution in [2.24, 2.45) is 0 Å². The molecule has 2 atom stereocenters. The molecule has 2 N–H and O–H groups in total. The van der Waals surface area contributed by atoms with Gasteiger partial charge in [0, 0.05) is 37.7 Å². The number of carbonyl (C=O) groups is 2. The minimum absolute atomic E-state index is 0.0364. The summed E-state index contributed by atoms with van der Waals surface area (Å²) < 4.78 is 19.8. The SMILES string of the molecule is O=C(CC[C@@H](O)[C@@H]1Cc2ccccc2CN1)c1ccc(C(=O)N2CCOCC2)cc1F. The van der Waals surface area contributed by atoms with Gasteiger partial charge < -0.3 is 20.1 Å². The Morgan fingerprint density at radius 1 is 1.16 bits per heavy atom. The van der Waals surface area contributed by atoms with Gasteiger partial charge >= 0.3 is 0 Å². The Bertz CT molecular complexity index is 958. The highest BCUT2D eigenvalue weighted by Crippen LogP contribution is 2.21. The van der Waals surface area contributed by atoms with Crippen molar-refractivity contribution in [3.8, 4) is 0 Å². The minimum atomic E-state index is -0.706. The second-order valence-electron chi connectivity index (χ2n) is 8.09. The maximum Gasteiger partial charge on any atom is 0.254 e. The van der Waals surface area contributed by atoms with Gasteiger partial charge in [-0.05, 0) is 42.2 Å². The predicted octanol–water partition coefficient (Wildman–Crippen LogP) is 2.34. The fourth-order valence-electron chi connectivity index (χ4n) is 4.19. The van der Waals surface area contributed by atoms with Crippen molar-refractivity contribution in [3.63, 3.8) is 0 Å². The Hall–Kier alpha value is -2.61. The number of nitrogens with one attached hydrogen (secondary N) is 1. The minimum Gasteiger partial charge on any atom is -0.391 e. The number of hydrogen-bond donors (Lipinski definition) is 2. The number of aliphatic hydroxyl groups is 1. The molecule has 0 radical (unpaired) electrons. The average molecular weight is 426 g/mol. The van der Waals surface area contributed by atoms with Crippen LogP contribution in [0, 0.1) is 5.82 Å². The highest BCUT2D eigenvalue weighted by atomic mass is 19.1. The molecule has 7 heteroatoms. The van der Waals surface area contributed by atoms with Gasteiger partial charge in [-0.1, -0.05) is 24.3 Å². The maximum absolute atomic E-state index is 14.6. The van der Waals surface area contributed by atoms with Crippen LogP contribution in [0.3, 0.4) is 0 Å². The molecule has 2 heterocycles. The summed E-state index contributed by atoms with van der Waals surface area (Å²) in [6.07, 6.45) is 0.266. The van der Waals surface area contributed by atoms with E-state index in [0.717, 1.165) is 6.07 Å². The largest absolute Gasteiger partial charge is 0.391 e. The smallest absolute Gasteiger partial charge is 0.254 e. The molecule has 0 aliphatic carbocycles. The predicted molar refractivity (Wildman–Crippen MR) is 113 cm³/mol. The van der Waals surface area contributed by atoms with E-state index in [1.165, 1.54) is 23.3 Å². The number of ether oxygens (including phenoxy) is 1. The number of benzene rings is 2. The second kappa shape index (κ2) is 9.68. The molecule has 6 nitrogen and oxygen atoms in total. The van der Waals surface area contributed by atoms with E-state index in [4.69, 9.17) is 4.74 Å². The first-order valence-electron chi connectivity index (χ1n) is 10.7. The van der Waals surface area contributed by atoms with E-state index in [1.54, 1.807) is 4.90 Å². The van der Waals surface area contributed by atoms with Crippen molar-refractivity contribution >= 4 is 11.7 Å². The molecule has 2 aromatic carbocycles. The zero-order valence-corrected chi connectivity index (χ0v) is 17.4. The van der Waals surface area contributed by atoms with E-state index in [2.05, 4.69) is 17.4 Å². The van der Waals surface area contributed by atoms with Crippen molar-refractivity contribution in [2.75, 3.05) is 26.3 Å². The Labute approximate surface area is 181 Å². The topological polar surface area (TPSA) is 78.9 Å². The van der Waals surface area contributed by atoms with Gasteiger partial charge in [-0.25, -0.2) is 4.39 Å².